The minimum absolute atomic E-state index is 0.0713. The molecule has 0 saturated carbocycles. The van der Waals surface area contributed by atoms with E-state index in [0.29, 0.717) is 22.4 Å². The van der Waals surface area contributed by atoms with Crippen LogP contribution in [0.5, 0.6) is 0 Å². The summed E-state index contributed by atoms with van der Waals surface area (Å²) in [5, 5.41) is 3.57. The Morgan fingerprint density at radius 1 is 1.17 bits per heavy atom. The molecule has 1 heterocycles. The summed E-state index contributed by atoms with van der Waals surface area (Å²) in [6.45, 7) is 0.373. The third kappa shape index (κ3) is 3.94. The lowest BCUT2D eigenvalue weighted by Crippen LogP contribution is -2.23. The number of carbonyl (C=O) groups excluding carboxylic acids is 1. The van der Waals surface area contributed by atoms with E-state index in [1.807, 2.05) is 24.3 Å². The summed E-state index contributed by atoms with van der Waals surface area (Å²) < 4.78 is 5.13. The number of carbonyl (C=O) groups is 1. The van der Waals surface area contributed by atoms with Crippen LogP contribution in [0.3, 0.4) is 0 Å². The van der Waals surface area contributed by atoms with Gasteiger partial charge in [-0.05, 0) is 29.8 Å². The molecule has 0 bridgehead atoms. The smallest absolute Gasteiger partial charge is 0.407 e. The number of imidazole rings is 1. The second-order valence-electron chi connectivity index (χ2n) is 4.88. The van der Waals surface area contributed by atoms with Crippen LogP contribution >= 0.6 is 23.2 Å². The number of hydrogen-bond acceptors (Lipinski definition) is 3. The van der Waals surface area contributed by atoms with Gasteiger partial charge in [-0.2, -0.15) is 0 Å². The van der Waals surface area contributed by atoms with Crippen molar-refractivity contribution in [3.05, 3.63) is 63.9 Å². The van der Waals surface area contributed by atoms with Gasteiger partial charge < -0.3 is 15.0 Å². The Hall–Kier alpha value is -2.24. The molecular formula is C16H13Cl2N3O2. The third-order valence-electron chi connectivity index (χ3n) is 3.20. The lowest BCUT2D eigenvalue weighted by atomic mass is 10.2. The SMILES string of the molecule is O=C(NCc1ccc(Cl)c(Cl)c1)OCc1nc2ccccc2[nH]1. The Bertz CT molecular complexity index is 815. The lowest BCUT2D eigenvalue weighted by Gasteiger charge is -2.06. The van der Waals surface area contributed by atoms with Crippen LogP contribution in [0.4, 0.5) is 4.79 Å². The summed E-state index contributed by atoms with van der Waals surface area (Å²) in [7, 11) is 0. The number of aromatic nitrogens is 2. The quantitative estimate of drug-likeness (QED) is 0.737. The second-order valence-corrected chi connectivity index (χ2v) is 5.69. The number of rotatable bonds is 4. The topological polar surface area (TPSA) is 67.0 Å². The van der Waals surface area contributed by atoms with Gasteiger partial charge in [0.2, 0.25) is 0 Å². The van der Waals surface area contributed by atoms with Crippen LogP contribution in [0.2, 0.25) is 10.0 Å². The highest BCUT2D eigenvalue weighted by Gasteiger charge is 2.07. The van der Waals surface area contributed by atoms with Crippen molar-refractivity contribution in [2.24, 2.45) is 0 Å². The van der Waals surface area contributed by atoms with Crippen LogP contribution in [0, 0.1) is 0 Å². The van der Waals surface area contributed by atoms with Gasteiger partial charge in [-0.25, -0.2) is 9.78 Å². The van der Waals surface area contributed by atoms with Crippen molar-refractivity contribution < 1.29 is 9.53 Å². The summed E-state index contributed by atoms with van der Waals surface area (Å²) in [5.41, 5.74) is 2.57. The van der Waals surface area contributed by atoms with Gasteiger partial charge in [-0.3, -0.25) is 0 Å². The van der Waals surface area contributed by atoms with E-state index >= 15 is 0 Å². The van der Waals surface area contributed by atoms with E-state index in [4.69, 9.17) is 27.9 Å². The van der Waals surface area contributed by atoms with Gasteiger partial charge in [-0.15, -0.1) is 0 Å². The maximum atomic E-state index is 11.7. The highest BCUT2D eigenvalue weighted by atomic mass is 35.5. The van der Waals surface area contributed by atoms with Crippen LogP contribution in [-0.2, 0) is 17.9 Å². The average Bonchev–Trinajstić information content (AvgIpc) is 2.97. The zero-order valence-corrected chi connectivity index (χ0v) is 13.5. The van der Waals surface area contributed by atoms with Gasteiger partial charge in [0.1, 0.15) is 5.82 Å². The van der Waals surface area contributed by atoms with Crippen LogP contribution in [0.25, 0.3) is 11.0 Å². The Labute approximate surface area is 142 Å². The van der Waals surface area contributed by atoms with Crippen molar-refractivity contribution in [2.45, 2.75) is 13.2 Å². The first-order valence-corrected chi connectivity index (χ1v) is 7.65. The number of aromatic amines is 1. The number of benzene rings is 2. The highest BCUT2D eigenvalue weighted by Crippen LogP contribution is 2.22. The first kappa shape index (κ1) is 15.6. The second kappa shape index (κ2) is 6.89. The Morgan fingerprint density at radius 2 is 2.00 bits per heavy atom. The molecule has 0 spiro atoms. The molecule has 3 rings (SSSR count). The fourth-order valence-electron chi connectivity index (χ4n) is 2.08. The minimum Gasteiger partial charge on any atom is -0.441 e. The number of nitrogens with one attached hydrogen (secondary N) is 2. The Kier molecular flexibility index (Phi) is 4.69. The van der Waals surface area contributed by atoms with Crippen LogP contribution in [-0.4, -0.2) is 16.1 Å². The van der Waals surface area contributed by atoms with Crippen molar-refractivity contribution in [1.82, 2.24) is 15.3 Å². The molecule has 0 saturated heterocycles. The Balaban J connectivity index is 1.52. The van der Waals surface area contributed by atoms with Gasteiger partial charge in [0.05, 0.1) is 21.1 Å². The fraction of sp³-hybridized carbons (Fsp3) is 0.125. The molecule has 3 aromatic rings. The number of alkyl carbamates (subject to hydrolysis) is 1. The van der Waals surface area contributed by atoms with Crippen molar-refractivity contribution in [3.8, 4) is 0 Å². The molecule has 0 atom stereocenters. The molecule has 118 valence electrons. The highest BCUT2D eigenvalue weighted by molar-refractivity contribution is 6.42. The van der Waals surface area contributed by atoms with Crippen LogP contribution in [0.1, 0.15) is 11.4 Å². The van der Waals surface area contributed by atoms with Crippen molar-refractivity contribution in [3.63, 3.8) is 0 Å². The molecule has 0 radical (unpaired) electrons. The van der Waals surface area contributed by atoms with Gasteiger partial charge in [0.25, 0.3) is 0 Å². The average molecular weight is 350 g/mol. The predicted octanol–water partition coefficient (Wildman–Crippen LogP) is 4.30. The molecule has 2 N–H and O–H groups in total. The number of hydrogen-bond donors (Lipinski definition) is 2. The molecule has 2 aromatic carbocycles. The maximum Gasteiger partial charge on any atom is 0.407 e. The monoisotopic (exact) mass is 349 g/mol. The van der Waals surface area contributed by atoms with E-state index in [9.17, 15) is 4.79 Å². The van der Waals surface area contributed by atoms with Gasteiger partial charge in [0.15, 0.2) is 6.61 Å². The third-order valence-corrected chi connectivity index (χ3v) is 3.94. The molecule has 1 aromatic heterocycles. The first-order chi connectivity index (χ1) is 11.1. The molecule has 0 aliphatic rings. The molecule has 0 unspecified atom stereocenters. The van der Waals surface area contributed by atoms with E-state index in [1.165, 1.54) is 0 Å². The predicted molar refractivity (Wildman–Crippen MR) is 89.6 cm³/mol. The minimum atomic E-state index is -0.531. The standard InChI is InChI=1S/C16H13Cl2N3O2/c17-11-6-5-10(7-12(11)18)8-19-16(22)23-9-15-20-13-3-1-2-4-14(13)21-15/h1-7H,8-9H2,(H,19,22)(H,20,21). The molecule has 1 amide bonds. The number of ether oxygens (including phenoxy) is 1. The molecule has 7 heteroatoms. The molecule has 0 aliphatic heterocycles. The van der Waals surface area contributed by atoms with E-state index in [1.54, 1.807) is 18.2 Å². The summed E-state index contributed by atoms with van der Waals surface area (Å²) in [4.78, 5) is 19.1. The summed E-state index contributed by atoms with van der Waals surface area (Å²) >= 11 is 11.8. The number of nitrogens with zero attached hydrogens (tertiary/aromatic N) is 1. The molecular weight excluding hydrogens is 337 g/mol. The largest absolute Gasteiger partial charge is 0.441 e. The molecule has 23 heavy (non-hydrogen) atoms. The maximum absolute atomic E-state index is 11.7. The Morgan fingerprint density at radius 3 is 2.78 bits per heavy atom. The number of H-pyrrole nitrogens is 1. The molecule has 0 fully saturated rings. The summed E-state index contributed by atoms with van der Waals surface area (Å²) in [6, 6.07) is 12.8. The van der Waals surface area contributed by atoms with Crippen molar-refractivity contribution in [2.75, 3.05) is 0 Å². The number of para-hydroxylation sites is 2. The zero-order valence-electron chi connectivity index (χ0n) is 12.0. The van der Waals surface area contributed by atoms with Gasteiger partial charge in [0, 0.05) is 6.54 Å². The number of halogens is 2. The fourth-order valence-corrected chi connectivity index (χ4v) is 2.40. The van der Waals surface area contributed by atoms with Crippen molar-refractivity contribution in [1.29, 1.82) is 0 Å². The van der Waals surface area contributed by atoms with Gasteiger partial charge >= 0.3 is 6.09 Å². The number of fused-ring (bicyclic) bond motifs is 1. The molecule has 0 aliphatic carbocycles. The van der Waals surface area contributed by atoms with Crippen molar-refractivity contribution >= 4 is 40.3 Å². The first-order valence-electron chi connectivity index (χ1n) is 6.90. The normalized spacial score (nSPS) is 10.7. The van der Waals surface area contributed by atoms with E-state index in [-0.39, 0.29) is 6.61 Å². The van der Waals surface area contributed by atoms with E-state index < -0.39 is 6.09 Å². The number of amides is 1. The summed E-state index contributed by atoms with van der Waals surface area (Å²) in [6.07, 6.45) is -0.531. The summed E-state index contributed by atoms with van der Waals surface area (Å²) in [5.74, 6) is 0.593. The van der Waals surface area contributed by atoms with Gasteiger partial charge in [-0.1, -0.05) is 41.4 Å². The van der Waals surface area contributed by atoms with E-state index in [2.05, 4.69) is 15.3 Å². The lowest BCUT2D eigenvalue weighted by molar-refractivity contribution is 0.136. The molecule has 5 nitrogen and oxygen atoms in total. The van der Waals surface area contributed by atoms with Crippen LogP contribution < -0.4 is 5.32 Å². The van der Waals surface area contributed by atoms with E-state index in [0.717, 1.165) is 16.6 Å². The van der Waals surface area contributed by atoms with Crippen LogP contribution in [0.15, 0.2) is 42.5 Å². The zero-order chi connectivity index (χ0) is 16.2.